The van der Waals surface area contributed by atoms with Gasteiger partial charge in [0.25, 0.3) is 5.91 Å². The number of nitrogens with zero attached hydrogens (tertiary/aromatic N) is 1. The van der Waals surface area contributed by atoms with Gasteiger partial charge >= 0.3 is 0 Å². The van der Waals surface area contributed by atoms with Crippen LogP contribution < -0.4 is 10.6 Å². The Balaban J connectivity index is 1.57. The van der Waals surface area contributed by atoms with Crippen LogP contribution >= 0.6 is 11.8 Å². The van der Waals surface area contributed by atoms with Crippen LogP contribution in [0.4, 0.5) is 0 Å². The van der Waals surface area contributed by atoms with Crippen molar-refractivity contribution in [1.29, 1.82) is 0 Å². The summed E-state index contributed by atoms with van der Waals surface area (Å²) in [5, 5.41) is 4.95. The normalized spacial score (nSPS) is 18.8. The van der Waals surface area contributed by atoms with Crippen molar-refractivity contribution in [2.45, 2.75) is 56.0 Å². The maximum absolute atomic E-state index is 12.8. The minimum atomic E-state index is -0.583. The number of hydrogen-bond acceptors (Lipinski definition) is 5. The SMILES string of the molecule is CNC(=O)CCCCCSc1cccc2c1CN(C1CCC(=O)NC1=O)C2=O. The molecule has 1 aromatic carbocycles. The van der Waals surface area contributed by atoms with E-state index in [1.54, 1.807) is 29.8 Å². The Morgan fingerprint density at radius 3 is 2.82 bits per heavy atom. The highest BCUT2D eigenvalue weighted by Gasteiger charge is 2.39. The van der Waals surface area contributed by atoms with Gasteiger partial charge < -0.3 is 10.2 Å². The molecule has 0 bridgehead atoms. The standard InChI is InChI=1S/C20H25N3O4S/c1-21-17(24)8-3-2-4-11-28-16-7-5-6-13-14(16)12-23(20(13)27)15-9-10-18(25)22-19(15)26/h5-7,15H,2-4,8-12H2,1H3,(H,21,24)(H,22,25,26). The molecule has 0 radical (unpaired) electrons. The molecule has 2 heterocycles. The number of carbonyl (C=O) groups is 4. The molecular formula is C20H25N3O4S. The fourth-order valence-corrected chi connectivity index (χ4v) is 4.66. The molecule has 7 nitrogen and oxygen atoms in total. The van der Waals surface area contributed by atoms with Crippen LogP contribution in [0, 0.1) is 0 Å². The summed E-state index contributed by atoms with van der Waals surface area (Å²) in [5.41, 5.74) is 1.61. The molecule has 1 aromatic rings. The Labute approximate surface area is 168 Å². The molecule has 28 heavy (non-hydrogen) atoms. The molecule has 8 heteroatoms. The second-order valence-corrected chi connectivity index (χ2v) is 8.15. The first-order chi connectivity index (χ1) is 13.5. The van der Waals surface area contributed by atoms with Crippen LogP contribution in [0.5, 0.6) is 0 Å². The number of rotatable bonds is 8. The summed E-state index contributed by atoms with van der Waals surface area (Å²) in [4.78, 5) is 50.2. The maximum Gasteiger partial charge on any atom is 0.255 e. The number of thioether (sulfide) groups is 1. The minimum absolute atomic E-state index is 0.0700. The predicted octanol–water partition coefficient (Wildman–Crippen LogP) is 1.85. The zero-order valence-electron chi connectivity index (χ0n) is 16.0. The first-order valence-electron chi connectivity index (χ1n) is 9.61. The zero-order valence-corrected chi connectivity index (χ0v) is 16.8. The van der Waals surface area contributed by atoms with E-state index in [0.29, 0.717) is 24.9 Å². The number of imide groups is 1. The van der Waals surface area contributed by atoms with Crippen LogP contribution in [0.3, 0.4) is 0 Å². The van der Waals surface area contributed by atoms with Crippen LogP contribution in [0.15, 0.2) is 23.1 Å². The molecule has 4 amide bonds. The number of carbonyl (C=O) groups excluding carboxylic acids is 4. The van der Waals surface area contributed by atoms with E-state index in [9.17, 15) is 19.2 Å². The average Bonchev–Trinajstić information content (AvgIpc) is 3.01. The molecule has 2 N–H and O–H groups in total. The molecule has 1 unspecified atom stereocenters. The summed E-state index contributed by atoms with van der Waals surface area (Å²) in [6.45, 7) is 0.403. The van der Waals surface area contributed by atoms with E-state index < -0.39 is 6.04 Å². The Hall–Kier alpha value is -2.35. The van der Waals surface area contributed by atoms with Crippen molar-refractivity contribution in [3.63, 3.8) is 0 Å². The van der Waals surface area contributed by atoms with Crippen LogP contribution in [0.2, 0.25) is 0 Å². The van der Waals surface area contributed by atoms with Crippen LogP contribution in [0.25, 0.3) is 0 Å². The molecule has 0 spiro atoms. The van der Waals surface area contributed by atoms with Crippen molar-refractivity contribution in [2.24, 2.45) is 0 Å². The van der Waals surface area contributed by atoms with Gasteiger partial charge in [0, 0.05) is 36.9 Å². The first kappa shape index (κ1) is 20.4. The molecule has 1 atom stereocenters. The molecule has 0 saturated carbocycles. The van der Waals surface area contributed by atoms with Crippen LogP contribution in [-0.4, -0.2) is 47.4 Å². The number of fused-ring (bicyclic) bond motifs is 1. The summed E-state index contributed by atoms with van der Waals surface area (Å²) in [6.07, 6.45) is 4.03. The third-order valence-corrected chi connectivity index (χ3v) is 6.31. The topological polar surface area (TPSA) is 95.6 Å². The molecule has 2 aliphatic rings. The number of nitrogens with one attached hydrogen (secondary N) is 2. The van der Waals surface area contributed by atoms with E-state index in [2.05, 4.69) is 10.6 Å². The molecule has 1 saturated heterocycles. The van der Waals surface area contributed by atoms with E-state index >= 15 is 0 Å². The Kier molecular flexibility index (Phi) is 6.72. The fourth-order valence-electron chi connectivity index (χ4n) is 3.56. The zero-order chi connectivity index (χ0) is 20.1. The highest BCUT2D eigenvalue weighted by atomic mass is 32.2. The Morgan fingerprint density at radius 2 is 2.07 bits per heavy atom. The largest absolute Gasteiger partial charge is 0.359 e. The van der Waals surface area contributed by atoms with Gasteiger partial charge in [0.15, 0.2) is 0 Å². The van der Waals surface area contributed by atoms with Gasteiger partial charge in [0.2, 0.25) is 17.7 Å². The van der Waals surface area contributed by atoms with Gasteiger partial charge in [-0.05, 0) is 42.7 Å². The highest BCUT2D eigenvalue weighted by Crippen LogP contribution is 2.34. The number of hydrogen-bond donors (Lipinski definition) is 2. The van der Waals surface area contributed by atoms with Gasteiger partial charge in [-0.15, -0.1) is 11.8 Å². The lowest BCUT2D eigenvalue weighted by Crippen LogP contribution is -2.52. The average molecular weight is 404 g/mol. The summed E-state index contributed by atoms with van der Waals surface area (Å²) < 4.78 is 0. The van der Waals surface area contributed by atoms with Crippen molar-refractivity contribution in [2.75, 3.05) is 12.8 Å². The molecule has 150 valence electrons. The Morgan fingerprint density at radius 1 is 1.25 bits per heavy atom. The maximum atomic E-state index is 12.8. The summed E-state index contributed by atoms with van der Waals surface area (Å²) >= 11 is 1.71. The van der Waals surface area contributed by atoms with Crippen LogP contribution in [-0.2, 0) is 20.9 Å². The van der Waals surface area contributed by atoms with Gasteiger partial charge in [-0.2, -0.15) is 0 Å². The van der Waals surface area contributed by atoms with E-state index in [1.807, 2.05) is 12.1 Å². The first-order valence-corrected chi connectivity index (χ1v) is 10.6. The lowest BCUT2D eigenvalue weighted by atomic mass is 10.0. The van der Waals surface area contributed by atoms with Crippen molar-refractivity contribution >= 4 is 35.4 Å². The van der Waals surface area contributed by atoms with Gasteiger partial charge in [-0.25, -0.2) is 0 Å². The second kappa shape index (κ2) is 9.23. The third kappa shape index (κ3) is 4.55. The molecule has 0 aliphatic carbocycles. The van der Waals surface area contributed by atoms with Crippen molar-refractivity contribution < 1.29 is 19.2 Å². The fraction of sp³-hybridized carbons (Fsp3) is 0.500. The predicted molar refractivity (Wildman–Crippen MR) is 106 cm³/mol. The van der Waals surface area contributed by atoms with Crippen LogP contribution in [0.1, 0.15) is 54.4 Å². The molecule has 1 fully saturated rings. The number of piperidine rings is 1. The van der Waals surface area contributed by atoms with Gasteiger partial charge in [0.1, 0.15) is 6.04 Å². The molecule has 0 aromatic heterocycles. The quantitative estimate of drug-likeness (QED) is 0.392. The minimum Gasteiger partial charge on any atom is -0.359 e. The van der Waals surface area contributed by atoms with Crippen molar-refractivity contribution in [3.8, 4) is 0 Å². The van der Waals surface area contributed by atoms with Crippen molar-refractivity contribution in [3.05, 3.63) is 29.3 Å². The highest BCUT2D eigenvalue weighted by molar-refractivity contribution is 7.99. The lowest BCUT2D eigenvalue weighted by molar-refractivity contribution is -0.137. The number of amides is 4. The third-order valence-electron chi connectivity index (χ3n) is 5.12. The van der Waals surface area contributed by atoms with Gasteiger partial charge in [-0.1, -0.05) is 12.5 Å². The molecule has 2 aliphatic heterocycles. The molecule has 3 rings (SSSR count). The van der Waals surface area contributed by atoms with E-state index in [4.69, 9.17) is 0 Å². The van der Waals surface area contributed by atoms with Gasteiger partial charge in [0.05, 0.1) is 0 Å². The van der Waals surface area contributed by atoms with E-state index in [-0.39, 0.29) is 30.0 Å². The summed E-state index contributed by atoms with van der Waals surface area (Å²) in [6, 6.07) is 5.10. The Bertz CT molecular complexity index is 796. The van der Waals surface area contributed by atoms with E-state index in [1.165, 1.54) is 0 Å². The summed E-state index contributed by atoms with van der Waals surface area (Å²) in [5.74, 6) is 0.176. The molecular weight excluding hydrogens is 378 g/mol. The lowest BCUT2D eigenvalue weighted by Gasteiger charge is -2.29. The number of benzene rings is 1. The van der Waals surface area contributed by atoms with Gasteiger partial charge in [-0.3, -0.25) is 24.5 Å². The summed E-state index contributed by atoms with van der Waals surface area (Å²) in [7, 11) is 1.65. The second-order valence-electron chi connectivity index (χ2n) is 7.01. The monoisotopic (exact) mass is 403 g/mol. The number of unbranched alkanes of at least 4 members (excludes halogenated alkanes) is 2. The smallest absolute Gasteiger partial charge is 0.255 e. The van der Waals surface area contributed by atoms with E-state index in [0.717, 1.165) is 35.5 Å². The van der Waals surface area contributed by atoms with Crippen molar-refractivity contribution in [1.82, 2.24) is 15.5 Å².